The molecule has 0 aliphatic carbocycles. The van der Waals surface area contributed by atoms with Gasteiger partial charge in [0.1, 0.15) is 0 Å². The highest BCUT2D eigenvalue weighted by Crippen LogP contribution is 2.46. The number of carbonyl (C=O) groups excluding carboxylic acids is 1. The smallest absolute Gasteiger partial charge is 0.173 e. The predicted molar refractivity (Wildman–Crippen MR) is 118 cm³/mol. The number of phenols is 1. The Morgan fingerprint density at radius 3 is 2.64 bits per heavy atom. The third-order valence-corrected chi connectivity index (χ3v) is 5.93. The maximum atomic E-state index is 12.6. The number of thiocarbonyl (C=S) groups is 1. The van der Waals surface area contributed by atoms with E-state index in [1.54, 1.807) is 6.07 Å². The van der Waals surface area contributed by atoms with E-state index in [4.69, 9.17) is 28.6 Å². The van der Waals surface area contributed by atoms with Crippen LogP contribution in [-0.4, -0.2) is 22.6 Å². The summed E-state index contributed by atoms with van der Waals surface area (Å²) in [7, 11) is 0. The second-order valence-corrected chi connectivity index (χ2v) is 7.70. The first-order valence-electron chi connectivity index (χ1n) is 8.56. The third-order valence-electron chi connectivity index (χ3n) is 4.30. The first kappa shape index (κ1) is 20.6. The number of halogens is 2. The summed E-state index contributed by atoms with van der Waals surface area (Å²) in [6.45, 7) is 3.67. The van der Waals surface area contributed by atoms with Crippen LogP contribution in [0.25, 0.3) is 5.70 Å². The summed E-state index contributed by atoms with van der Waals surface area (Å²) in [5.41, 5.74) is 2.51. The monoisotopic (exact) mass is 480 g/mol. The minimum atomic E-state index is -0.606. The predicted octanol–water partition coefficient (Wildman–Crippen LogP) is 4.73. The van der Waals surface area contributed by atoms with Crippen LogP contribution in [0.2, 0.25) is 5.02 Å². The summed E-state index contributed by atoms with van der Waals surface area (Å²) in [5, 5.41) is 17.1. The van der Waals surface area contributed by atoms with Crippen molar-refractivity contribution in [2.75, 3.05) is 6.61 Å². The molecule has 0 spiro atoms. The molecule has 3 rings (SSSR count). The molecule has 3 N–H and O–H groups in total. The number of hydrogen-bond acceptors (Lipinski definition) is 4. The lowest BCUT2D eigenvalue weighted by atomic mass is 9.90. The highest BCUT2D eigenvalue weighted by Gasteiger charge is 2.33. The van der Waals surface area contributed by atoms with E-state index in [-0.39, 0.29) is 22.3 Å². The van der Waals surface area contributed by atoms with Crippen molar-refractivity contribution in [2.45, 2.75) is 19.9 Å². The number of hydrogen-bond donors (Lipinski definition) is 3. The van der Waals surface area contributed by atoms with Crippen molar-refractivity contribution in [3.05, 3.63) is 62.6 Å². The molecule has 0 unspecified atom stereocenters. The minimum Gasteiger partial charge on any atom is -0.503 e. The van der Waals surface area contributed by atoms with E-state index in [0.717, 1.165) is 5.56 Å². The second-order valence-electron chi connectivity index (χ2n) is 6.12. The number of rotatable bonds is 5. The molecule has 0 aromatic heterocycles. The zero-order valence-electron chi connectivity index (χ0n) is 15.2. The highest BCUT2D eigenvalue weighted by molar-refractivity contribution is 9.10. The molecule has 1 aliphatic rings. The van der Waals surface area contributed by atoms with E-state index in [1.807, 2.05) is 37.3 Å². The molecule has 2 aromatic rings. The zero-order valence-corrected chi connectivity index (χ0v) is 18.3. The molecule has 0 saturated heterocycles. The quantitative estimate of drug-likeness (QED) is 0.537. The molecule has 8 heteroatoms. The van der Waals surface area contributed by atoms with Crippen molar-refractivity contribution < 1.29 is 14.6 Å². The van der Waals surface area contributed by atoms with E-state index in [9.17, 15) is 9.90 Å². The van der Waals surface area contributed by atoms with Gasteiger partial charge in [-0.05, 0) is 53.6 Å². The van der Waals surface area contributed by atoms with Crippen LogP contribution < -0.4 is 15.4 Å². The van der Waals surface area contributed by atoms with E-state index in [0.29, 0.717) is 33.0 Å². The van der Waals surface area contributed by atoms with Crippen LogP contribution in [0, 0.1) is 0 Å². The zero-order chi connectivity index (χ0) is 20.4. The van der Waals surface area contributed by atoms with Gasteiger partial charge in [-0.15, -0.1) is 0 Å². The highest BCUT2D eigenvalue weighted by atomic mass is 79.9. The van der Waals surface area contributed by atoms with Crippen LogP contribution in [0.3, 0.4) is 0 Å². The number of Topliss-reactive ketones (excluding diaryl/α,β-unsaturated/α-hetero) is 1. The van der Waals surface area contributed by atoms with Gasteiger partial charge in [0, 0.05) is 11.1 Å². The van der Waals surface area contributed by atoms with Crippen LogP contribution in [0.4, 0.5) is 0 Å². The number of ketones is 1. The van der Waals surface area contributed by atoms with Gasteiger partial charge in [0.15, 0.2) is 22.4 Å². The van der Waals surface area contributed by atoms with E-state index in [1.165, 1.54) is 6.92 Å². The average molecular weight is 482 g/mol. The molecular formula is C20H18BrClN2O3S. The van der Waals surface area contributed by atoms with Crippen LogP contribution in [0.5, 0.6) is 11.5 Å². The van der Waals surface area contributed by atoms with Gasteiger partial charge >= 0.3 is 0 Å². The van der Waals surface area contributed by atoms with Crippen LogP contribution >= 0.6 is 39.7 Å². The van der Waals surface area contributed by atoms with E-state index >= 15 is 0 Å². The van der Waals surface area contributed by atoms with Gasteiger partial charge in [-0.25, -0.2) is 0 Å². The fourth-order valence-corrected chi connectivity index (χ4v) is 3.99. The second kappa shape index (κ2) is 8.51. The first-order chi connectivity index (χ1) is 13.3. The van der Waals surface area contributed by atoms with Gasteiger partial charge in [-0.2, -0.15) is 0 Å². The van der Waals surface area contributed by atoms with Gasteiger partial charge in [-0.1, -0.05) is 41.9 Å². The fourth-order valence-electron chi connectivity index (χ4n) is 3.10. The number of carbonyl (C=O) groups is 1. The average Bonchev–Trinajstić information content (AvgIpc) is 2.68. The van der Waals surface area contributed by atoms with Gasteiger partial charge in [0.2, 0.25) is 0 Å². The third kappa shape index (κ3) is 3.87. The molecule has 0 fully saturated rings. The standard InChI is InChI=1S/C20H18BrClN2O3S/c1-3-27-13-9-12(16(22)15(21)19(13)26)18-14(10(2)25)17(23-20(28)24-18)11-7-5-4-6-8-11/h4-9,18,26H,3H2,1-2H3,(H2,23,24,28)/t18-/m0/s1. The Labute approximate surface area is 181 Å². The maximum Gasteiger partial charge on any atom is 0.173 e. The Kier molecular flexibility index (Phi) is 6.27. The molecular weight excluding hydrogens is 464 g/mol. The topological polar surface area (TPSA) is 70.6 Å². The van der Waals surface area contributed by atoms with Gasteiger partial charge in [0.05, 0.1) is 27.8 Å². The van der Waals surface area contributed by atoms with Crippen LogP contribution in [-0.2, 0) is 4.79 Å². The number of benzene rings is 2. The Hall–Kier alpha value is -2.09. The summed E-state index contributed by atoms with van der Waals surface area (Å²) >= 11 is 15.2. The Morgan fingerprint density at radius 1 is 1.36 bits per heavy atom. The number of aromatic hydroxyl groups is 1. The van der Waals surface area contributed by atoms with Crippen molar-refractivity contribution in [3.63, 3.8) is 0 Å². The van der Waals surface area contributed by atoms with Crippen molar-refractivity contribution in [1.29, 1.82) is 0 Å². The summed E-state index contributed by atoms with van der Waals surface area (Å²) in [6, 6.07) is 10.5. The number of nitrogens with one attached hydrogen (secondary N) is 2. The molecule has 0 bridgehead atoms. The Bertz CT molecular complexity index is 979. The van der Waals surface area contributed by atoms with E-state index < -0.39 is 6.04 Å². The Morgan fingerprint density at radius 2 is 2.04 bits per heavy atom. The summed E-state index contributed by atoms with van der Waals surface area (Å²) in [4.78, 5) is 12.6. The maximum absolute atomic E-state index is 12.6. The molecule has 5 nitrogen and oxygen atoms in total. The van der Waals surface area contributed by atoms with Gasteiger partial charge in [-0.3, -0.25) is 4.79 Å². The summed E-state index contributed by atoms with van der Waals surface area (Å²) in [5.74, 6) is 0.0394. The number of phenolic OH excluding ortho intramolecular Hbond substituents is 1. The molecule has 0 amide bonds. The minimum absolute atomic E-state index is 0.0938. The first-order valence-corrected chi connectivity index (χ1v) is 10.1. The van der Waals surface area contributed by atoms with Crippen molar-refractivity contribution in [1.82, 2.24) is 10.6 Å². The van der Waals surface area contributed by atoms with E-state index in [2.05, 4.69) is 26.6 Å². The molecule has 28 heavy (non-hydrogen) atoms. The molecule has 146 valence electrons. The SMILES string of the molecule is CCOc1cc([C@@H]2NC(=S)NC(c3ccccc3)=C2C(C)=O)c(Cl)c(Br)c1O. The van der Waals surface area contributed by atoms with Crippen molar-refractivity contribution >= 4 is 56.3 Å². The molecule has 1 heterocycles. The van der Waals surface area contributed by atoms with Gasteiger partial charge < -0.3 is 20.5 Å². The van der Waals surface area contributed by atoms with Crippen LogP contribution in [0.1, 0.15) is 31.0 Å². The van der Waals surface area contributed by atoms with Crippen LogP contribution in [0.15, 0.2) is 46.4 Å². The lowest BCUT2D eigenvalue weighted by molar-refractivity contribution is -0.113. The summed E-state index contributed by atoms with van der Waals surface area (Å²) in [6.07, 6.45) is 0. The molecule has 1 aliphatic heterocycles. The molecule has 0 radical (unpaired) electrons. The number of ether oxygens (including phenoxy) is 1. The fraction of sp³-hybridized carbons (Fsp3) is 0.200. The lowest BCUT2D eigenvalue weighted by Gasteiger charge is -2.32. The van der Waals surface area contributed by atoms with Crippen molar-refractivity contribution in [3.8, 4) is 11.5 Å². The molecule has 2 aromatic carbocycles. The molecule has 1 atom stereocenters. The Balaban J connectivity index is 2.25. The lowest BCUT2D eigenvalue weighted by Crippen LogP contribution is -2.44. The summed E-state index contributed by atoms with van der Waals surface area (Å²) < 4.78 is 5.82. The normalized spacial score (nSPS) is 16.4. The largest absolute Gasteiger partial charge is 0.503 e. The van der Waals surface area contributed by atoms with Gasteiger partial charge in [0.25, 0.3) is 0 Å². The molecule has 0 saturated carbocycles. The van der Waals surface area contributed by atoms with Crippen molar-refractivity contribution in [2.24, 2.45) is 0 Å².